The summed E-state index contributed by atoms with van der Waals surface area (Å²) in [4.78, 5) is 15.8. The molecular weight excluding hydrogens is 370 g/mol. The highest BCUT2D eigenvalue weighted by Crippen LogP contribution is 2.21. The Hall–Kier alpha value is -1.88. The average molecular weight is 402 g/mol. The summed E-state index contributed by atoms with van der Waals surface area (Å²) < 4.78 is 0. The van der Waals surface area contributed by atoms with Crippen LogP contribution in [0.5, 0.6) is 0 Å². The molecule has 2 aromatic rings. The average Bonchev–Trinajstić information content (AvgIpc) is 2.66. The van der Waals surface area contributed by atoms with Crippen molar-refractivity contribution in [3.63, 3.8) is 0 Å². The number of quaternary nitrogens is 2. The molecule has 2 aromatic carbocycles. The summed E-state index contributed by atoms with van der Waals surface area (Å²) in [6, 6.07) is 12.3. The maximum atomic E-state index is 12.9. The summed E-state index contributed by atoms with van der Waals surface area (Å²) in [6.07, 6.45) is 0. The van der Waals surface area contributed by atoms with Crippen molar-refractivity contribution >= 4 is 23.2 Å². The number of anilines is 1. The zero-order valence-corrected chi connectivity index (χ0v) is 18.1. The fourth-order valence-corrected chi connectivity index (χ4v) is 4.35. The van der Waals surface area contributed by atoms with Gasteiger partial charge in [-0.2, -0.15) is 0 Å². The first kappa shape index (κ1) is 20.8. The molecule has 1 atom stereocenters. The summed E-state index contributed by atoms with van der Waals surface area (Å²) in [5, 5.41) is 3.96. The lowest BCUT2D eigenvalue weighted by Gasteiger charge is -2.32. The molecule has 0 bridgehead atoms. The monoisotopic (exact) mass is 401 g/mol. The van der Waals surface area contributed by atoms with E-state index in [0.29, 0.717) is 0 Å². The van der Waals surface area contributed by atoms with Crippen molar-refractivity contribution in [3.8, 4) is 0 Å². The van der Waals surface area contributed by atoms with Crippen molar-refractivity contribution < 1.29 is 14.6 Å². The van der Waals surface area contributed by atoms with Crippen LogP contribution < -0.4 is 15.1 Å². The fraction of sp³-hybridized carbons (Fsp3) is 0.435. The number of benzene rings is 2. The van der Waals surface area contributed by atoms with Gasteiger partial charge in [0.25, 0.3) is 5.91 Å². The number of nitrogens with one attached hydrogen (secondary N) is 3. The minimum Gasteiger partial charge on any atom is -0.322 e. The normalized spacial score (nSPS) is 20.6. The molecule has 1 aliphatic heterocycles. The molecule has 150 valence electrons. The standard InChI is InChI=1S/C23H30ClN3O/c1-16-13-17(2)22(18(3)14-16)25-23(28)19(4)27-11-9-26(10-12-27)15-20-5-7-21(24)8-6-20/h5-8,13-14,19H,9-12,15H2,1-4H3,(H,25,28)/p+2/t19-/m0/s1. The van der Waals surface area contributed by atoms with Crippen LogP contribution in [0.15, 0.2) is 36.4 Å². The number of hydrogen-bond acceptors (Lipinski definition) is 1. The predicted molar refractivity (Wildman–Crippen MR) is 115 cm³/mol. The van der Waals surface area contributed by atoms with Crippen LogP contribution in [0.1, 0.15) is 29.2 Å². The van der Waals surface area contributed by atoms with E-state index < -0.39 is 0 Å². The topological polar surface area (TPSA) is 38.0 Å². The molecule has 4 nitrogen and oxygen atoms in total. The molecule has 1 heterocycles. The molecule has 28 heavy (non-hydrogen) atoms. The number of rotatable bonds is 5. The van der Waals surface area contributed by atoms with Crippen LogP contribution in [-0.2, 0) is 11.3 Å². The number of aryl methyl sites for hydroxylation is 3. The van der Waals surface area contributed by atoms with E-state index in [2.05, 4.69) is 50.4 Å². The Morgan fingerprint density at radius 1 is 1.04 bits per heavy atom. The van der Waals surface area contributed by atoms with E-state index in [9.17, 15) is 4.79 Å². The third-order valence-electron chi connectivity index (χ3n) is 5.90. The minimum atomic E-state index is -0.0443. The van der Waals surface area contributed by atoms with E-state index in [1.165, 1.54) is 16.0 Å². The zero-order valence-electron chi connectivity index (χ0n) is 17.4. The van der Waals surface area contributed by atoms with Crippen LogP contribution in [0.3, 0.4) is 0 Å². The summed E-state index contributed by atoms with van der Waals surface area (Å²) >= 11 is 5.98. The molecule has 0 aromatic heterocycles. The lowest BCUT2D eigenvalue weighted by Crippen LogP contribution is -3.29. The minimum absolute atomic E-state index is 0.0443. The van der Waals surface area contributed by atoms with Crippen LogP contribution >= 0.6 is 11.6 Å². The highest BCUT2D eigenvalue weighted by Gasteiger charge is 2.31. The molecule has 1 saturated heterocycles. The molecule has 3 rings (SSSR count). The van der Waals surface area contributed by atoms with Crippen LogP contribution in [0, 0.1) is 20.8 Å². The molecule has 5 heteroatoms. The molecule has 0 spiro atoms. The van der Waals surface area contributed by atoms with Gasteiger partial charge in [-0.15, -0.1) is 0 Å². The Labute approximate surface area is 173 Å². The molecule has 1 aliphatic rings. The van der Waals surface area contributed by atoms with Crippen LogP contribution in [-0.4, -0.2) is 38.1 Å². The largest absolute Gasteiger partial charge is 0.322 e. The highest BCUT2D eigenvalue weighted by molar-refractivity contribution is 6.30. The van der Waals surface area contributed by atoms with Gasteiger partial charge in [0.1, 0.15) is 32.7 Å². The van der Waals surface area contributed by atoms with Crippen molar-refractivity contribution in [1.29, 1.82) is 0 Å². The van der Waals surface area contributed by atoms with Gasteiger partial charge < -0.3 is 15.1 Å². The first-order valence-electron chi connectivity index (χ1n) is 10.1. The van der Waals surface area contributed by atoms with Crippen molar-refractivity contribution in [2.24, 2.45) is 0 Å². The van der Waals surface area contributed by atoms with Crippen molar-refractivity contribution in [1.82, 2.24) is 0 Å². The Morgan fingerprint density at radius 2 is 1.61 bits per heavy atom. The Kier molecular flexibility index (Phi) is 6.76. The maximum Gasteiger partial charge on any atom is 0.282 e. The number of hydrogen-bond donors (Lipinski definition) is 3. The molecule has 1 fully saturated rings. The number of piperazine rings is 1. The molecule has 3 N–H and O–H groups in total. The van der Waals surface area contributed by atoms with E-state index in [-0.39, 0.29) is 11.9 Å². The Bertz CT molecular complexity index is 803. The van der Waals surface area contributed by atoms with Gasteiger partial charge in [-0.3, -0.25) is 4.79 Å². The quantitative estimate of drug-likeness (QED) is 0.699. The molecule has 0 saturated carbocycles. The number of amides is 1. The van der Waals surface area contributed by atoms with Gasteiger partial charge in [-0.25, -0.2) is 0 Å². The molecular formula is C23H32ClN3O+2. The Morgan fingerprint density at radius 3 is 2.18 bits per heavy atom. The molecule has 0 unspecified atom stereocenters. The first-order valence-corrected chi connectivity index (χ1v) is 10.5. The van der Waals surface area contributed by atoms with E-state index in [4.69, 9.17) is 11.6 Å². The smallest absolute Gasteiger partial charge is 0.282 e. The molecule has 0 radical (unpaired) electrons. The van der Waals surface area contributed by atoms with E-state index in [1.807, 2.05) is 19.1 Å². The van der Waals surface area contributed by atoms with Gasteiger partial charge in [0.2, 0.25) is 0 Å². The second kappa shape index (κ2) is 9.08. The van der Waals surface area contributed by atoms with Gasteiger partial charge in [0, 0.05) is 16.3 Å². The van der Waals surface area contributed by atoms with Gasteiger partial charge in [-0.05, 0) is 51.0 Å². The zero-order chi connectivity index (χ0) is 20.3. The summed E-state index contributed by atoms with van der Waals surface area (Å²) in [5.74, 6) is 0.117. The van der Waals surface area contributed by atoms with Gasteiger partial charge in [-0.1, -0.05) is 41.4 Å². The third kappa shape index (κ3) is 5.13. The SMILES string of the molecule is Cc1cc(C)c(NC(=O)[C@H](C)[NH+]2CC[NH+](Cc3ccc(Cl)cc3)CC2)c(C)c1. The predicted octanol–water partition coefficient (Wildman–Crippen LogP) is 1.58. The van der Waals surface area contributed by atoms with E-state index in [1.54, 1.807) is 4.90 Å². The van der Waals surface area contributed by atoms with Crippen molar-refractivity contribution in [3.05, 3.63) is 63.7 Å². The maximum absolute atomic E-state index is 12.9. The fourth-order valence-electron chi connectivity index (χ4n) is 4.22. The summed E-state index contributed by atoms with van der Waals surface area (Å²) in [5.41, 5.74) is 5.77. The van der Waals surface area contributed by atoms with E-state index >= 15 is 0 Å². The van der Waals surface area contributed by atoms with Gasteiger partial charge >= 0.3 is 0 Å². The number of carbonyl (C=O) groups excluding carboxylic acids is 1. The van der Waals surface area contributed by atoms with Crippen LogP contribution in [0.2, 0.25) is 5.02 Å². The van der Waals surface area contributed by atoms with Crippen LogP contribution in [0.25, 0.3) is 0 Å². The lowest BCUT2D eigenvalue weighted by molar-refractivity contribution is -1.02. The first-order chi connectivity index (χ1) is 13.3. The van der Waals surface area contributed by atoms with E-state index in [0.717, 1.165) is 54.6 Å². The lowest BCUT2D eigenvalue weighted by atomic mass is 10.0. The van der Waals surface area contributed by atoms with Crippen molar-refractivity contribution in [2.45, 2.75) is 40.3 Å². The van der Waals surface area contributed by atoms with Gasteiger partial charge in [0.15, 0.2) is 6.04 Å². The second-order valence-electron chi connectivity index (χ2n) is 8.20. The van der Waals surface area contributed by atoms with Crippen molar-refractivity contribution in [2.75, 3.05) is 31.5 Å². The Balaban J connectivity index is 1.54. The summed E-state index contributed by atoms with van der Waals surface area (Å²) in [7, 11) is 0. The summed E-state index contributed by atoms with van der Waals surface area (Å²) in [6.45, 7) is 13.5. The molecule has 1 amide bonds. The third-order valence-corrected chi connectivity index (χ3v) is 6.15. The van der Waals surface area contributed by atoms with Gasteiger partial charge in [0.05, 0.1) is 0 Å². The second-order valence-corrected chi connectivity index (χ2v) is 8.63. The molecule has 0 aliphatic carbocycles. The number of halogens is 1. The highest BCUT2D eigenvalue weighted by atomic mass is 35.5. The number of carbonyl (C=O) groups is 1. The van der Waals surface area contributed by atoms with Crippen LogP contribution in [0.4, 0.5) is 5.69 Å².